The zero-order chi connectivity index (χ0) is 20.3. The van der Waals surface area contributed by atoms with Crippen molar-refractivity contribution in [1.82, 2.24) is 0 Å². The van der Waals surface area contributed by atoms with Gasteiger partial charge in [-0.3, -0.25) is 20.2 Å². The summed E-state index contributed by atoms with van der Waals surface area (Å²) in [5.41, 5.74) is -0.0373. The minimum absolute atomic E-state index is 0.00725. The predicted octanol–water partition coefficient (Wildman–Crippen LogP) is 5.54. The zero-order valence-corrected chi connectivity index (χ0v) is 16.0. The van der Waals surface area contributed by atoms with Crippen molar-refractivity contribution in [2.24, 2.45) is 0 Å². The average Bonchev–Trinajstić information content (AvgIpc) is 2.63. The third kappa shape index (κ3) is 14.3. The zero-order valence-electron chi connectivity index (χ0n) is 16.0. The van der Waals surface area contributed by atoms with E-state index < -0.39 is 9.85 Å². The molecule has 0 fully saturated rings. The van der Waals surface area contributed by atoms with Gasteiger partial charge in [0.1, 0.15) is 6.29 Å². The van der Waals surface area contributed by atoms with E-state index in [-0.39, 0.29) is 24.2 Å². The molecule has 150 valence electrons. The summed E-state index contributed by atoms with van der Waals surface area (Å²) in [5, 5.41) is 21.7. The lowest BCUT2D eigenvalue weighted by atomic mass is 10.1. The van der Waals surface area contributed by atoms with Gasteiger partial charge in [0.2, 0.25) is 11.4 Å². The van der Waals surface area contributed by atoms with Gasteiger partial charge in [-0.05, 0) is 44.3 Å². The van der Waals surface area contributed by atoms with Gasteiger partial charge >= 0.3 is 0 Å². The number of nitro groups is 2. The molecule has 0 atom stereocenters. The van der Waals surface area contributed by atoms with Gasteiger partial charge in [-0.15, -0.1) is 0 Å². The fourth-order valence-corrected chi connectivity index (χ4v) is 2.34. The van der Waals surface area contributed by atoms with Crippen molar-refractivity contribution < 1.29 is 14.6 Å². The molecule has 0 aliphatic heterocycles. The molecule has 0 aromatic heterocycles. The molecule has 0 rings (SSSR count). The second kappa shape index (κ2) is 16.9. The summed E-state index contributed by atoms with van der Waals surface area (Å²) in [7, 11) is 0. The highest BCUT2D eigenvalue weighted by Crippen LogP contribution is 2.11. The van der Waals surface area contributed by atoms with Crippen molar-refractivity contribution in [3.63, 3.8) is 0 Å². The molecule has 7 heteroatoms. The molecule has 0 heterocycles. The van der Waals surface area contributed by atoms with E-state index in [1.54, 1.807) is 6.92 Å². The van der Waals surface area contributed by atoms with E-state index in [9.17, 15) is 25.0 Å². The smallest absolute Gasteiger partial charge is 0.246 e. The Labute approximate surface area is 160 Å². The van der Waals surface area contributed by atoms with E-state index in [4.69, 9.17) is 0 Å². The molecular formula is C20H30N2O5. The number of rotatable bonds is 16. The Hall–Kier alpha value is -2.57. The summed E-state index contributed by atoms with van der Waals surface area (Å²) in [5.74, 6) is 0. The molecule has 0 aromatic carbocycles. The molecule has 7 nitrogen and oxygen atoms in total. The van der Waals surface area contributed by atoms with E-state index in [1.807, 2.05) is 12.2 Å². The first-order valence-electron chi connectivity index (χ1n) is 9.43. The molecule has 0 radical (unpaired) electrons. The van der Waals surface area contributed by atoms with Crippen molar-refractivity contribution in [3.05, 3.63) is 68.1 Å². The lowest BCUT2D eigenvalue weighted by Gasteiger charge is -1.96. The van der Waals surface area contributed by atoms with Crippen molar-refractivity contribution in [2.45, 2.75) is 71.1 Å². The number of aldehydes is 1. The third-order valence-corrected chi connectivity index (χ3v) is 3.92. The van der Waals surface area contributed by atoms with Gasteiger partial charge in [0.05, 0.1) is 16.3 Å². The van der Waals surface area contributed by atoms with Gasteiger partial charge in [-0.1, -0.05) is 44.1 Å². The number of carbonyl (C=O) groups is 1. The average molecular weight is 378 g/mol. The largest absolute Gasteiger partial charge is 0.303 e. The molecule has 0 N–H and O–H groups in total. The first-order chi connectivity index (χ1) is 13.0. The molecule has 0 unspecified atom stereocenters. The standard InChI is InChI=1S/C20H30N2O5/c1-2-19(21(24)25)16-17-20(22(26)27)15-13-11-9-7-5-3-4-6-8-10-12-14-18-23/h3,5,9,11,15-16,18H,2,4,6-8,10,12-14,17H2,1H3/b5-3-,11-9-,19-16+,20-15+. The van der Waals surface area contributed by atoms with Gasteiger partial charge in [0.15, 0.2) is 0 Å². The molecule has 0 amide bonds. The Bertz CT molecular complexity index is 577. The lowest BCUT2D eigenvalue weighted by molar-refractivity contribution is -0.432. The number of allylic oxidation sites excluding steroid dienone is 7. The van der Waals surface area contributed by atoms with E-state index in [1.165, 1.54) is 12.2 Å². The van der Waals surface area contributed by atoms with Gasteiger partial charge in [0, 0.05) is 12.8 Å². The second-order valence-corrected chi connectivity index (χ2v) is 6.04. The molecule has 0 bridgehead atoms. The van der Waals surface area contributed by atoms with Crippen molar-refractivity contribution >= 4 is 6.29 Å². The Balaban J connectivity index is 4.13. The first kappa shape index (κ1) is 24.4. The van der Waals surface area contributed by atoms with Gasteiger partial charge in [-0.2, -0.15) is 0 Å². The lowest BCUT2D eigenvalue weighted by Crippen LogP contribution is -2.01. The van der Waals surface area contributed by atoms with Crippen LogP contribution in [0, 0.1) is 20.2 Å². The van der Waals surface area contributed by atoms with E-state index >= 15 is 0 Å². The molecule has 0 spiro atoms. The van der Waals surface area contributed by atoms with Crippen LogP contribution in [0.25, 0.3) is 0 Å². The SMILES string of the molecule is CC/C(=C\C/C(=C\C/C=C\C/C=C\CCCCCCC=O)[N+](=O)[O-])[N+](=O)[O-]. The molecule has 0 saturated carbocycles. The van der Waals surface area contributed by atoms with Gasteiger partial charge in [-0.25, -0.2) is 0 Å². The number of hydrogen-bond acceptors (Lipinski definition) is 5. The highest BCUT2D eigenvalue weighted by atomic mass is 16.6. The normalized spacial score (nSPS) is 12.8. The summed E-state index contributed by atoms with van der Waals surface area (Å²) in [6.45, 7) is 1.65. The Morgan fingerprint density at radius 2 is 1.37 bits per heavy atom. The van der Waals surface area contributed by atoms with E-state index in [2.05, 4.69) is 12.2 Å². The molecule has 0 aliphatic rings. The Morgan fingerprint density at radius 3 is 1.96 bits per heavy atom. The molecule has 0 saturated heterocycles. The number of hydrogen-bond donors (Lipinski definition) is 0. The maximum absolute atomic E-state index is 11.0. The fourth-order valence-electron chi connectivity index (χ4n) is 2.34. The van der Waals surface area contributed by atoms with E-state index in [0.717, 1.165) is 44.8 Å². The highest BCUT2D eigenvalue weighted by molar-refractivity contribution is 5.48. The van der Waals surface area contributed by atoms with Crippen molar-refractivity contribution in [3.8, 4) is 0 Å². The summed E-state index contributed by atoms with van der Waals surface area (Å²) >= 11 is 0. The maximum Gasteiger partial charge on any atom is 0.246 e. The fraction of sp³-hybridized carbons (Fsp3) is 0.550. The van der Waals surface area contributed by atoms with Crippen LogP contribution in [0.2, 0.25) is 0 Å². The monoisotopic (exact) mass is 378 g/mol. The van der Waals surface area contributed by atoms with Crippen LogP contribution in [-0.4, -0.2) is 16.1 Å². The quantitative estimate of drug-likeness (QED) is 0.115. The van der Waals surface area contributed by atoms with Crippen LogP contribution in [0.1, 0.15) is 71.1 Å². The van der Waals surface area contributed by atoms with Crippen LogP contribution in [0.4, 0.5) is 0 Å². The van der Waals surface area contributed by atoms with Crippen LogP contribution in [0.5, 0.6) is 0 Å². The molecular weight excluding hydrogens is 348 g/mol. The van der Waals surface area contributed by atoms with Crippen LogP contribution in [0.3, 0.4) is 0 Å². The van der Waals surface area contributed by atoms with Gasteiger partial charge in [0.25, 0.3) is 0 Å². The summed E-state index contributed by atoms with van der Waals surface area (Å²) in [6, 6.07) is 0. The minimum Gasteiger partial charge on any atom is -0.303 e. The number of nitrogens with zero attached hydrogens (tertiary/aromatic N) is 2. The third-order valence-electron chi connectivity index (χ3n) is 3.92. The minimum atomic E-state index is -0.505. The predicted molar refractivity (Wildman–Crippen MR) is 106 cm³/mol. The Kier molecular flexibility index (Phi) is 15.3. The van der Waals surface area contributed by atoms with Gasteiger partial charge < -0.3 is 4.79 Å². The maximum atomic E-state index is 11.0. The van der Waals surface area contributed by atoms with Crippen molar-refractivity contribution in [1.29, 1.82) is 0 Å². The second-order valence-electron chi connectivity index (χ2n) is 6.04. The summed E-state index contributed by atoms with van der Waals surface area (Å²) in [4.78, 5) is 30.9. The molecule has 0 aliphatic carbocycles. The first-order valence-corrected chi connectivity index (χ1v) is 9.43. The van der Waals surface area contributed by atoms with Crippen LogP contribution in [-0.2, 0) is 4.79 Å². The van der Waals surface area contributed by atoms with E-state index in [0.29, 0.717) is 12.8 Å². The molecule has 27 heavy (non-hydrogen) atoms. The van der Waals surface area contributed by atoms with Crippen LogP contribution < -0.4 is 0 Å². The van der Waals surface area contributed by atoms with Crippen LogP contribution >= 0.6 is 0 Å². The van der Waals surface area contributed by atoms with Crippen molar-refractivity contribution in [2.75, 3.05) is 0 Å². The topological polar surface area (TPSA) is 103 Å². The number of carbonyl (C=O) groups excluding carboxylic acids is 1. The highest BCUT2D eigenvalue weighted by Gasteiger charge is 2.12. The van der Waals surface area contributed by atoms with Crippen LogP contribution in [0.15, 0.2) is 47.9 Å². The summed E-state index contributed by atoms with van der Waals surface area (Å²) < 4.78 is 0. The molecule has 0 aromatic rings. The Morgan fingerprint density at radius 1 is 0.778 bits per heavy atom. The summed E-state index contributed by atoms with van der Waals surface area (Å²) in [6.07, 6.45) is 19.1. The number of unbranched alkanes of at least 4 members (excludes halogenated alkanes) is 5.